The van der Waals surface area contributed by atoms with E-state index in [1.807, 2.05) is 11.7 Å². The fraction of sp³-hybridized carbons (Fsp3) is 0.750. The first-order chi connectivity index (χ1) is 7.45. The second-order valence-electron chi connectivity index (χ2n) is 4.71. The summed E-state index contributed by atoms with van der Waals surface area (Å²) in [5.41, 5.74) is 8.25. The average Bonchev–Trinajstić information content (AvgIpc) is 2.44. The molecule has 0 aliphatic heterocycles. The van der Waals surface area contributed by atoms with Gasteiger partial charge >= 0.3 is 0 Å². The van der Waals surface area contributed by atoms with E-state index < -0.39 is 0 Å². The molecule has 0 radical (unpaired) electrons. The third kappa shape index (κ3) is 3.32. The first kappa shape index (κ1) is 13.7. The molecule has 0 saturated carbocycles. The predicted molar refractivity (Wildman–Crippen MR) is 71.4 cm³/mol. The zero-order chi connectivity index (χ0) is 12.3. The minimum atomic E-state index is 0.271. The number of aromatic nitrogens is 2. The van der Waals surface area contributed by atoms with Crippen LogP contribution >= 0.6 is 15.9 Å². The van der Waals surface area contributed by atoms with Crippen molar-refractivity contribution in [3.63, 3.8) is 0 Å². The second-order valence-corrected chi connectivity index (χ2v) is 5.50. The molecule has 0 aromatic carbocycles. The van der Waals surface area contributed by atoms with Gasteiger partial charge in [0.05, 0.1) is 15.9 Å². The number of halogens is 1. The Balaban J connectivity index is 2.76. The molecule has 2 N–H and O–H groups in total. The van der Waals surface area contributed by atoms with Crippen molar-refractivity contribution in [3.8, 4) is 0 Å². The highest BCUT2D eigenvalue weighted by atomic mass is 79.9. The van der Waals surface area contributed by atoms with E-state index >= 15 is 0 Å². The van der Waals surface area contributed by atoms with E-state index in [0.717, 1.165) is 25.0 Å². The molecule has 2 unspecified atom stereocenters. The lowest BCUT2D eigenvalue weighted by Crippen LogP contribution is -2.20. The summed E-state index contributed by atoms with van der Waals surface area (Å²) in [7, 11) is 2.01. The van der Waals surface area contributed by atoms with Gasteiger partial charge in [-0.25, -0.2) is 0 Å². The smallest absolute Gasteiger partial charge is 0.0766 e. The first-order valence-corrected chi connectivity index (χ1v) is 6.70. The number of aryl methyl sites for hydroxylation is 2. The summed E-state index contributed by atoms with van der Waals surface area (Å²) in [5, 5.41) is 4.50. The fourth-order valence-electron chi connectivity index (χ4n) is 2.09. The van der Waals surface area contributed by atoms with Crippen LogP contribution in [0.1, 0.15) is 38.6 Å². The molecule has 1 heterocycles. The quantitative estimate of drug-likeness (QED) is 0.905. The number of rotatable bonds is 5. The summed E-state index contributed by atoms with van der Waals surface area (Å²) >= 11 is 3.64. The van der Waals surface area contributed by atoms with E-state index in [9.17, 15) is 0 Å². The van der Waals surface area contributed by atoms with Gasteiger partial charge in [-0.3, -0.25) is 4.68 Å². The van der Waals surface area contributed by atoms with Crippen molar-refractivity contribution in [2.45, 2.75) is 46.1 Å². The van der Waals surface area contributed by atoms with Crippen LogP contribution in [-0.2, 0) is 19.9 Å². The maximum atomic E-state index is 5.82. The first-order valence-electron chi connectivity index (χ1n) is 5.91. The SMILES string of the molecule is CCc1nn(C)c(CC(C)CC(C)N)c1Br. The Hall–Kier alpha value is -0.350. The van der Waals surface area contributed by atoms with Crippen molar-refractivity contribution >= 4 is 15.9 Å². The molecule has 3 nitrogen and oxygen atoms in total. The minimum absolute atomic E-state index is 0.271. The summed E-state index contributed by atoms with van der Waals surface area (Å²) in [6, 6.07) is 0.271. The Kier molecular flexibility index (Phi) is 4.99. The van der Waals surface area contributed by atoms with Gasteiger partial charge < -0.3 is 5.73 Å². The normalized spacial score (nSPS) is 15.1. The summed E-state index contributed by atoms with van der Waals surface area (Å²) in [6.45, 7) is 6.43. The number of hydrogen-bond acceptors (Lipinski definition) is 2. The molecular formula is C12H22BrN3. The van der Waals surface area contributed by atoms with E-state index in [2.05, 4.69) is 41.8 Å². The number of hydrogen-bond donors (Lipinski definition) is 1. The van der Waals surface area contributed by atoms with Crippen molar-refractivity contribution in [3.05, 3.63) is 15.9 Å². The van der Waals surface area contributed by atoms with Crippen LogP contribution < -0.4 is 5.73 Å². The van der Waals surface area contributed by atoms with E-state index in [-0.39, 0.29) is 6.04 Å². The third-order valence-electron chi connectivity index (χ3n) is 2.82. The Morgan fingerprint density at radius 3 is 2.50 bits per heavy atom. The van der Waals surface area contributed by atoms with Gasteiger partial charge in [0, 0.05) is 13.1 Å². The highest BCUT2D eigenvalue weighted by molar-refractivity contribution is 9.10. The van der Waals surface area contributed by atoms with Gasteiger partial charge in [0.15, 0.2) is 0 Å². The van der Waals surface area contributed by atoms with Crippen molar-refractivity contribution in [2.75, 3.05) is 0 Å². The summed E-state index contributed by atoms with van der Waals surface area (Å²) in [4.78, 5) is 0. The molecule has 16 heavy (non-hydrogen) atoms. The molecule has 92 valence electrons. The van der Waals surface area contributed by atoms with Crippen LogP contribution in [0.3, 0.4) is 0 Å². The van der Waals surface area contributed by atoms with E-state index in [1.54, 1.807) is 0 Å². The van der Waals surface area contributed by atoms with Crippen LogP contribution in [0.4, 0.5) is 0 Å². The fourth-order valence-corrected chi connectivity index (χ4v) is 2.87. The van der Waals surface area contributed by atoms with Gasteiger partial charge in [-0.1, -0.05) is 13.8 Å². The van der Waals surface area contributed by atoms with Crippen molar-refractivity contribution in [1.29, 1.82) is 0 Å². The van der Waals surface area contributed by atoms with Crippen LogP contribution in [0.15, 0.2) is 4.47 Å². The van der Waals surface area contributed by atoms with E-state index in [4.69, 9.17) is 5.73 Å². The third-order valence-corrected chi connectivity index (χ3v) is 3.73. The second kappa shape index (κ2) is 5.82. The highest BCUT2D eigenvalue weighted by Gasteiger charge is 2.15. The van der Waals surface area contributed by atoms with Gasteiger partial charge in [-0.2, -0.15) is 5.10 Å². The Labute approximate surface area is 107 Å². The summed E-state index contributed by atoms with van der Waals surface area (Å²) in [6.07, 6.45) is 3.06. The Morgan fingerprint density at radius 2 is 2.06 bits per heavy atom. The van der Waals surface area contributed by atoms with Crippen LogP contribution in [0.5, 0.6) is 0 Å². The molecule has 1 aromatic rings. The molecular weight excluding hydrogens is 266 g/mol. The Morgan fingerprint density at radius 1 is 1.44 bits per heavy atom. The molecule has 1 rings (SSSR count). The number of nitrogens with two attached hydrogens (primary N) is 1. The molecule has 2 atom stereocenters. The zero-order valence-corrected chi connectivity index (χ0v) is 12.2. The summed E-state index contributed by atoms with van der Waals surface area (Å²) in [5.74, 6) is 0.594. The lowest BCUT2D eigenvalue weighted by Gasteiger charge is -2.14. The molecule has 0 aliphatic rings. The zero-order valence-electron chi connectivity index (χ0n) is 10.6. The van der Waals surface area contributed by atoms with Crippen LogP contribution in [0.25, 0.3) is 0 Å². The number of nitrogens with zero attached hydrogens (tertiary/aromatic N) is 2. The standard InChI is InChI=1S/C12H22BrN3/c1-5-10-12(13)11(16(4)15-10)7-8(2)6-9(3)14/h8-9H,5-7,14H2,1-4H3. The lowest BCUT2D eigenvalue weighted by atomic mass is 9.98. The van der Waals surface area contributed by atoms with E-state index in [1.165, 1.54) is 10.2 Å². The van der Waals surface area contributed by atoms with Crippen molar-refractivity contribution in [2.24, 2.45) is 18.7 Å². The van der Waals surface area contributed by atoms with Gasteiger partial charge in [0.25, 0.3) is 0 Å². The maximum absolute atomic E-state index is 5.82. The topological polar surface area (TPSA) is 43.8 Å². The predicted octanol–water partition coefficient (Wildman–Crippen LogP) is 2.66. The van der Waals surface area contributed by atoms with Crippen LogP contribution in [0, 0.1) is 5.92 Å². The van der Waals surface area contributed by atoms with Gasteiger partial charge in [0.2, 0.25) is 0 Å². The molecule has 4 heteroatoms. The monoisotopic (exact) mass is 287 g/mol. The molecule has 0 bridgehead atoms. The molecule has 1 aromatic heterocycles. The van der Waals surface area contributed by atoms with Crippen molar-refractivity contribution < 1.29 is 0 Å². The molecule has 0 aliphatic carbocycles. The van der Waals surface area contributed by atoms with Crippen LogP contribution in [0.2, 0.25) is 0 Å². The Bertz CT molecular complexity index is 344. The van der Waals surface area contributed by atoms with Gasteiger partial charge in [-0.05, 0) is 48.0 Å². The van der Waals surface area contributed by atoms with E-state index in [0.29, 0.717) is 5.92 Å². The molecule has 0 fully saturated rings. The molecule has 0 amide bonds. The summed E-state index contributed by atoms with van der Waals surface area (Å²) < 4.78 is 3.16. The maximum Gasteiger partial charge on any atom is 0.0766 e. The van der Waals surface area contributed by atoms with Gasteiger partial charge in [0.1, 0.15) is 0 Å². The van der Waals surface area contributed by atoms with Crippen LogP contribution in [-0.4, -0.2) is 15.8 Å². The largest absolute Gasteiger partial charge is 0.328 e. The highest BCUT2D eigenvalue weighted by Crippen LogP contribution is 2.25. The van der Waals surface area contributed by atoms with Crippen molar-refractivity contribution in [1.82, 2.24) is 9.78 Å². The molecule has 0 saturated heterocycles. The molecule has 0 spiro atoms. The lowest BCUT2D eigenvalue weighted by molar-refractivity contribution is 0.466. The van der Waals surface area contributed by atoms with Gasteiger partial charge in [-0.15, -0.1) is 0 Å². The average molecular weight is 288 g/mol. The minimum Gasteiger partial charge on any atom is -0.328 e.